The van der Waals surface area contributed by atoms with Crippen LogP contribution >= 0.6 is 0 Å². The maximum Gasteiger partial charge on any atom is 0.255 e. The number of hydrogen-bond donors (Lipinski definition) is 1. The molecule has 1 N–H and O–H groups in total. The summed E-state index contributed by atoms with van der Waals surface area (Å²) in [5.74, 6) is 1.71. The van der Waals surface area contributed by atoms with Gasteiger partial charge in [0.15, 0.2) is 0 Å². The fourth-order valence-corrected chi connectivity index (χ4v) is 2.52. The van der Waals surface area contributed by atoms with Gasteiger partial charge >= 0.3 is 0 Å². The lowest BCUT2D eigenvalue weighted by Gasteiger charge is -2.15. The van der Waals surface area contributed by atoms with Gasteiger partial charge in [-0.1, -0.05) is 44.2 Å². The molecule has 0 saturated heterocycles. The van der Waals surface area contributed by atoms with E-state index in [1.54, 1.807) is 6.07 Å². The van der Waals surface area contributed by atoms with Crippen molar-refractivity contribution in [2.75, 3.05) is 13.2 Å². The Morgan fingerprint density at radius 2 is 1.60 bits per heavy atom. The van der Waals surface area contributed by atoms with Crippen molar-refractivity contribution in [2.24, 2.45) is 0 Å². The first-order chi connectivity index (χ1) is 12.0. The van der Waals surface area contributed by atoms with Crippen LogP contribution in [0.2, 0.25) is 0 Å². The zero-order valence-electron chi connectivity index (χ0n) is 15.4. The number of rotatable bonds is 8. The zero-order chi connectivity index (χ0) is 18.2. The van der Waals surface area contributed by atoms with Gasteiger partial charge in [0.05, 0.1) is 18.2 Å². The highest BCUT2D eigenvalue weighted by atomic mass is 16.5. The molecule has 2 rings (SSSR count). The Hall–Kier alpha value is -2.49. The SMILES string of the molecule is CC(C)Oc1ccccc1C(=O)NCCOc1ccccc1C(C)C. The van der Waals surface area contributed by atoms with Gasteiger partial charge in [-0.15, -0.1) is 0 Å². The number of amides is 1. The number of para-hydroxylation sites is 2. The number of carbonyl (C=O) groups is 1. The third-order valence-electron chi connectivity index (χ3n) is 3.68. The van der Waals surface area contributed by atoms with Crippen LogP contribution in [0.15, 0.2) is 48.5 Å². The molecule has 0 bridgehead atoms. The molecule has 0 spiro atoms. The molecule has 0 heterocycles. The maximum atomic E-state index is 12.4. The predicted octanol–water partition coefficient (Wildman–Crippen LogP) is 4.41. The number of benzene rings is 2. The van der Waals surface area contributed by atoms with E-state index in [1.807, 2.05) is 50.2 Å². The van der Waals surface area contributed by atoms with Crippen LogP contribution in [0.1, 0.15) is 49.5 Å². The van der Waals surface area contributed by atoms with E-state index in [2.05, 4.69) is 25.2 Å². The Morgan fingerprint density at radius 3 is 2.28 bits per heavy atom. The Balaban J connectivity index is 1.90. The van der Waals surface area contributed by atoms with Crippen LogP contribution in [0.3, 0.4) is 0 Å². The topological polar surface area (TPSA) is 47.6 Å². The van der Waals surface area contributed by atoms with E-state index in [-0.39, 0.29) is 12.0 Å². The minimum Gasteiger partial charge on any atom is -0.491 e. The zero-order valence-corrected chi connectivity index (χ0v) is 15.4. The summed E-state index contributed by atoms with van der Waals surface area (Å²) in [5, 5.41) is 2.89. The fraction of sp³-hybridized carbons (Fsp3) is 0.381. The van der Waals surface area contributed by atoms with E-state index in [9.17, 15) is 4.79 Å². The Morgan fingerprint density at radius 1 is 0.960 bits per heavy atom. The summed E-state index contributed by atoms with van der Waals surface area (Å²) in [6.07, 6.45) is 0.0184. The second-order valence-electron chi connectivity index (χ2n) is 6.46. The summed E-state index contributed by atoms with van der Waals surface area (Å²) in [6, 6.07) is 15.3. The first kappa shape index (κ1) is 18.8. The van der Waals surface area contributed by atoms with Crippen LogP contribution in [0.4, 0.5) is 0 Å². The highest BCUT2D eigenvalue weighted by Crippen LogP contribution is 2.25. The van der Waals surface area contributed by atoms with E-state index >= 15 is 0 Å². The van der Waals surface area contributed by atoms with E-state index in [0.717, 1.165) is 5.75 Å². The first-order valence-electron chi connectivity index (χ1n) is 8.74. The molecule has 0 aliphatic rings. The summed E-state index contributed by atoms with van der Waals surface area (Å²) >= 11 is 0. The molecule has 0 saturated carbocycles. The van der Waals surface area contributed by atoms with E-state index in [4.69, 9.17) is 9.47 Å². The van der Waals surface area contributed by atoms with Crippen molar-refractivity contribution in [3.8, 4) is 11.5 Å². The largest absolute Gasteiger partial charge is 0.491 e. The van der Waals surface area contributed by atoms with Crippen LogP contribution in [-0.2, 0) is 0 Å². The van der Waals surface area contributed by atoms with Crippen molar-refractivity contribution in [3.63, 3.8) is 0 Å². The molecule has 4 heteroatoms. The van der Waals surface area contributed by atoms with Gasteiger partial charge in [-0.25, -0.2) is 0 Å². The number of ether oxygens (including phenoxy) is 2. The summed E-state index contributed by atoms with van der Waals surface area (Å²) < 4.78 is 11.5. The van der Waals surface area contributed by atoms with E-state index < -0.39 is 0 Å². The average Bonchev–Trinajstić information content (AvgIpc) is 2.58. The van der Waals surface area contributed by atoms with E-state index in [1.165, 1.54) is 5.56 Å². The standard InChI is InChI=1S/C21H27NO3/c1-15(2)17-9-5-7-11-19(17)24-14-13-22-21(23)18-10-6-8-12-20(18)25-16(3)4/h5-12,15-16H,13-14H2,1-4H3,(H,22,23). The van der Waals surface area contributed by atoms with Crippen LogP contribution in [0, 0.1) is 0 Å². The second kappa shape index (κ2) is 9.11. The molecular formula is C21H27NO3. The summed E-state index contributed by atoms with van der Waals surface area (Å²) in [6.45, 7) is 9.00. The lowest BCUT2D eigenvalue weighted by atomic mass is 10.0. The van der Waals surface area contributed by atoms with Crippen LogP contribution in [-0.4, -0.2) is 25.2 Å². The number of carbonyl (C=O) groups excluding carboxylic acids is 1. The lowest BCUT2D eigenvalue weighted by Crippen LogP contribution is -2.28. The van der Waals surface area contributed by atoms with Crippen LogP contribution in [0.25, 0.3) is 0 Å². The maximum absolute atomic E-state index is 12.4. The normalized spacial score (nSPS) is 10.8. The summed E-state index contributed by atoms with van der Waals surface area (Å²) in [4.78, 5) is 12.4. The minimum absolute atomic E-state index is 0.0184. The van der Waals surface area contributed by atoms with Crippen molar-refractivity contribution in [3.05, 3.63) is 59.7 Å². The molecule has 134 valence electrons. The number of hydrogen-bond acceptors (Lipinski definition) is 3. The van der Waals surface area contributed by atoms with E-state index in [0.29, 0.717) is 30.4 Å². The molecule has 25 heavy (non-hydrogen) atoms. The molecule has 1 amide bonds. The van der Waals surface area contributed by atoms with Gasteiger partial charge < -0.3 is 14.8 Å². The van der Waals surface area contributed by atoms with Crippen LogP contribution in [0.5, 0.6) is 11.5 Å². The van der Waals surface area contributed by atoms with Gasteiger partial charge in [0.1, 0.15) is 18.1 Å². The minimum atomic E-state index is -0.156. The highest BCUT2D eigenvalue weighted by Gasteiger charge is 2.13. The fourth-order valence-electron chi connectivity index (χ4n) is 2.52. The number of nitrogens with one attached hydrogen (secondary N) is 1. The first-order valence-corrected chi connectivity index (χ1v) is 8.74. The molecule has 0 radical (unpaired) electrons. The molecule has 0 atom stereocenters. The monoisotopic (exact) mass is 341 g/mol. The quantitative estimate of drug-likeness (QED) is 0.724. The Bertz CT molecular complexity index is 695. The van der Waals surface area contributed by atoms with Gasteiger partial charge in [-0.05, 0) is 43.5 Å². The molecule has 0 aliphatic carbocycles. The molecule has 4 nitrogen and oxygen atoms in total. The molecule has 0 fully saturated rings. The van der Waals surface area contributed by atoms with Gasteiger partial charge in [0.25, 0.3) is 5.91 Å². The van der Waals surface area contributed by atoms with Crippen LogP contribution < -0.4 is 14.8 Å². The molecule has 2 aromatic carbocycles. The van der Waals surface area contributed by atoms with Crippen molar-refractivity contribution in [1.29, 1.82) is 0 Å². The van der Waals surface area contributed by atoms with Gasteiger partial charge in [-0.2, -0.15) is 0 Å². The van der Waals surface area contributed by atoms with Crippen molar-refractivity contribution in [1.82, 2.24) is 5.32 Å². The van der Waals surface area contributed by atoms with Gasteiger partial charge in [0, 0.05) is 0 Å². The average molecular weight is 341 g/mol. The Labute approximate surface area is 150 Å². The van der Waals surface area contributed by atoms with Gasteiger partial charge in [0.2, 0.25) is 0 Å². The Kier molecular flexibility index (Phi) is 6.87. The molecular weight excluding hydrogens is 314 g/mol. The molecule has 0 unspecified atom stereocenters. The molecule has 0 aliphatic heterocycles. The summed E-state index contributed by atoms with van der Waals surface area (Å²) in [5.41, 5.74) is 1.71. The smallest absolute Gasteiger partial charge is 0.255 e. The summed E-state index contributed by atoms with van der Waals surface area (Å²) in [7, 11) is 0. The highest BCUT2D eigenvalue weighted by molar-refractivity contribution is 5.96. The van der Waals surface area contributed by atoms with Crippen molar-refractivity contribution in [2.45, 2.75) is 39.7 Å². The van der Waals surface area contributed by atoms with Gasteiger partial charge in [-0.3, -0.25) is 4.79 Å². The third-order valence-corrected chi connectivity index (χ3v) is 3.68. The molecule has 0 aromatic heterocycles. The lowest BCUT2D eigenvalue weighted by molar-refractivity contribution is 0.0941. The molecule has 2 aromatic rings. The van der Waals surface area contributed by atoms with Crippen molar-refractivity contribution < 1.29 is 14.3 Å². The van der Waals surface area contributed by atoms with Crippen molar-refractivity contribution >= 4 is 5.91 Å². The second-order valence-corrected chi connectivity index (χ2v) is 6.46. The predicted molar refractivity (Wildman–Crippen MR) is 101 cm³/mol. The third kappa shape index (κ3) is 5.52.